The predicted octanol–water partition coefficient (Wildman–Crippen LogP) is 4.06. The third kappa shape index (κ3) is 1.97. The molecule has 0 N–H and O–H groups in total. The first-order chi connectivity index (χ1) is 8.81. The molecule has 0 bridgehead atoms. The minimum absolute atomic E-state index is 0.107. The largest absolute Gasteiger partial charge is 0.356 e. The molecule has 3 rings (SSSR count). The lowest BCUT2D eigenvalue weighted by atomic mass is 10.1. The highest BCUT2D eigenvalue weighted by Crippen LogP contribution is 2.31. The minimum atomic E-state index is 0.107. The van der Waals surface area contributed by atoms with Gasteiger partial charge in [-0.25, -0.2) is 4.68 Å². The lowest BCUT2D eigenvalue weighted by Gasteiger charge is -2.23. The van der Waals surface area contributed by atoms with Gasteiger partial charge in [0.2, 0.25) is 0 Å². The van der Waals surface area contributed by atoms with Gasteiger partial charge in [0, 0.05) is 16.5 Å². The molecule has 1 atom stereocenters. The second kappa shape index (κ2) is 5.02. The fourth-order valence-corrected chi connectivity index (χ4v) is 3.27. The van der Waals surface area contributed by atoms with Crippen molar-refractivity contribution in [2.45, 2.75) is 38.8 Å². The molecule has 18 heavy (non-hydrogen) atoms. The van der Waals surface area contributed by atoms with Gasteiger partial charge < -0.3 is 4.74 Å². The van der Waals surface area contributed by atoms with Crippen LogP contribution in [0.15, 0.2) is 22.8 Å². The smallest absolute Gasteiger partial charge is 0.150 e. The molecule has 1 unspecified atom stereocenters. The molecule has 4 heteroatoms. The Morgan fingerprint density at radius 3 is 3.06 bits per heavy atom. The Kier molecular flexibility index (Phi) is 3.39. The topological polar surface area (TPSA) is 27.1 Å². The fourth-order valence-electron chi connectivity index (χ4n) is 2.55. The highest BCUT2D eigenvalue weighted by atomic mass is 79.9. The molecule has 0 saturated carbocycles. The maximum Gasteiger partial charge on any atom is 0.150 e. The number of fused-ring (bicyclic) bond motifs is 1. The quantitative estimate of drug-likeness (QED) is 0.836. The van der Waals surface area contributed by atoms with Crippen molar-refractivity contribution in [3.8, 4) is 0 Å². The highest BCUT2D eigenvalue weighted by Gasteiger charge is 2.19. The standard InChI is InChI=1S/C14H17BrN2O/c1-2-10-6-7-12-11(14(10)15)9-16-17(12)13-5-3-4-8-18-13/h6-7,9,13H,2-5,8H2,1H3. The Morgan fingerprint density at radius 2 is 2.33 bits per heavy atom. The van der Waals surface area contributed by atoms with Gasteiger partial charge in [0.1, 0.15) is 0 Å². The van der Waals surface area contributed by atoms with E-state index in [1.54, 1.807) is 0 Å². The van der Waals surface area contributed by atoms with Crippen LogP contribution in [0.5, 0.6) is 0 Å². The lowest BCUT2D eigenvalue weighted by Crippen LogP contribution is -2.18. The van der Waals surface area contributed by atoms with Crippen LogP contribution >= 0.6 is 15.9 Å². The van der Waals surface area contributed by atoms with E-state index in [1.807, 2.05) is 10.9 Å². The summed E-state index contributed by atoms with van der Waals surface area (Å²) in [5.41, 5.74) is 2.48. The minimum Gasteiger partial charge on any atom is -0.356 e. The molecule has 1 aliphatic heterocycles. The monoisotopic (exact) mass is 308 g/mol. The van der Waals surface area contributed by atoms with Crippen molar-refractivity contribution in [2.24, 2.45) is 0 Å². The number of hydrogen-bond donors (Lipinski definition) is 0. The Hall–Kier alpha value is -0.870. The van der Waals surface area contributed by atoms with E-state index >= 15 is 0 Å². The van der Waals surface area contributed by atoms with Crippen molar-refractivity contribution in [1.82, 2.24) is 9.78 Å². The number of ether oxygens (including phenoxy) is 1. The summed E-state index contributed by atoms with van der Waals surface area (Å²) < 4.78 is 9.01. The van der Waals surface area contributed by atoms with Gasteiger partial charge in [-0.1, -0.05) is 13.0 Å². The van der Waals surface area contributed by atoms with Crippen LogP contribution < -0.4 is 0 Å². The Morgan fingerprint density at radius 1 is 1.44 bits per heavy atom. The van der Waals surface area contributed by atoms with Crippen LogP contribution in [0.1, 0.15) is 38.0 Å². The molecule has 0 amide bonds. The van der Waals surface area contributed by atoms with E-state index in [9.17, 15) is 0 Å². The third-order valence-corrected chi connectivity index (χ3v) is 4.54. The van der Waals surface area contributed by atoms with E-state index in [-0.39, 0.29) is 6.23 Å². The summed E-state index contributed by atoms with van der Waals surface area (Å²) in [7, 11) is 0. The zero-order chi connectivity index (χ0) is 12.5. The van der Waals surface area contributed by atoms with Crippen LogP contribution in [-0.4, -0.2) is 16.4 Å². The molecular formula is C14H17BrN2O. The summed E-state index contributed by atoms with van der Waals surface area (Å²) in [4.78, 5) is 0. The first-order valence-electron chi connectivity index (χ1n) is 6.57. The van der Waals surface area contributed by atoms with Gasteiger partial charge >= 0.3 is 0 Å². The summed E-state index contributed by atoms with van der Waals surface area (Å²) in [6, 6.07) is 4.33. The molecule has 3 nitrogen and oxygen atoms in total. The number of halogens is 1. The summed E-state index contributed by atoms with van der Waals surface area (Å²) in [6.45, 7) is 3.01. The molecule has 96 valence electrons. The molecule has 1 aliphatic rings. The zero-order valence-electron chi connectivity index (χ0n) is 10.5. The van der Waals surface area contributed by atoms with Crippen LogP contribution in [0.2, 0.25) is 0 Å². The van der Waals surface area contributed by atoms with Crippen molar-refractivity contribution in [1.29, 1.82) is 0 Å². The van der Waals surface area contributed by atoms with E-state index in [0.29, 0.717) is 0 Å². The maximum absolute atomic E-state index is 5.81. The van der Waals surface area contributed by atoms with Crippen molar-refractivity contribution >= 4 is 26.8 Å². The molecule has 1 aromatic carbocycles. The van der Waals surface area contributed by atoms with Crippen LogP contribution in [0.25, 0.3) is 10.9 Å². The number of aryl methyl sites for hydroxylation is 1. The van der Waals surface area contributed by atoms with Gasteiger partial charge in [0.05, 0.1) is 11.7 Å². The molecule has 1 aromatic heterocycles. The van der Waals surface area contributed by atoms with Gasteiger partial charge in [-0.3, -0.25) is 0 Å². The molecule has 1 fully saturated rings. The maximum atomic E-state index is 5.81. The number of rotatable bonds is 2. The Labute approximate surface area is 115 Å². The second-order valence-corrected chi connectivity index (χ2v) is 5.53. The van der Waals surface area contributed by atoms with Crippen LogP contribution in [-0.2, 0) is 11.2 Å². The van der Waals surface area contributed by atoms with E-state index in [4.69, 9.17) is 4.74 Å². The molecule has 2 heterocycles. The first-order valence-corrected chi connectivity index (χ1v) is 7.36. The molecule has 2 aromatic rings. The average molecular weight is 309 g/mol. The normalized spacial score (nSPS) is 20.4. The van der Waals surface area contributed by atoms with Gasteiger partial charge in [-0.2, -0.15) is 5.10 Å². The van der Waals surface area contributed by atoms with E-state index in [0.717, 1.165) is 25.0 Å². The number of aromatic nitrogens is 2. The van der Waals surface area contributed by atoms with E-state index in [2.05, 4.69) is 40.1 Å². The SMILES string of the molecule is CCc1ccc2c(cnn2C2CCCCO2)c1Br. The van der Waals surface area contributed by atoms with Gasteiger partial charge in [0.25, 0.3) is 0 Å². The van der Waals surface area contributed by atoms with Crippen molar-refractivity contribution in [2.75, 3.05) is 6.61 Å². The third-order valence-electron chi connectivity index (χ3n) is 3.60. The van der Waals surface area contributed by atoms with Crippen molar-refractivity contribution in [3.63, 3.8) is 0 Å². The highest BCUT2D eigenvalue weighted by molar-refractivity contribution is 9.10. The molecule has 0 aliphatic carbocycles. The van der Waals surface area contributed by atoms with Gasteiger partial charge in [-0.15, -0.1) is 0 Å². The van der Waals surface area contributed by atoms with E-state index in [1.165, 1.54) is 28.3 Å². The second-order valence-electron chi connectivity index (χ2n) is 4.74. The molecular weight excluding hydrogens is 292 g/mol. The predicted molar refractivity (Wildman–Crippen MR) is 75.7 cm³/mol. The summed E-state index contributed by atoms with van der Waals surface area (Å²) >= 11 is 3.69. The molecule has 0 spiro atoms. The summed E-state index contributed by atoms with van der Waals surface area (Å²) in [6.07, 6.45) is 6.53. The van der Waals surface area contributed by atoms with Crippen LogP contribution in [0, 0.1) is 0 Å². The Balaban J connectivity index is 2.06. The molecule has 1 saturated heterocycles. The van der Waals surface area contributed by atoms with Crippen molar-refractivity contribution in [3.05, 3.63) is 28.4 Å². The summed E-state index contributed by atoms with van der Waals surface area (Å²) in [5.74, 6) is 0. The summed E-state index contributed by atoms with van der Waals surface area (Å²) in [5, 5.41) is 5.70. The fraction of sp³-hybridized carbons (Fsp3) is 0.500. The van der Waals surface area contributed by atoms with Crippen LogP contribution in [0.4, 0.5) is 0 Å². The number of benzene rings is 1. The number of nitrogens with zero attached hydrogens (tertiary/aromatic N) is 2. The lowest BCUT2D eigenvalue weighted by molar-refractivity contribution is -0.0366. The number of hydrogen-bond acceptors (Lipinski definition) is 2. The van der Waals surface area contributed by atoms with Crippen LogP contribution in [0.3, 0.4) is 0 Å². The Bertz CT molecular complexity index is 558. The first kappa shape index (κ1) is 12.2. The van der Waals surface area contributed by atoms with E-state index < -0.39 is 0 Å². The van der Waals surface area contributed by atoms with Gasteiger partial charge in [-0.05, 0) is 53.2 Å². The van der Waals surface area contributed by atoms with Gasteiger partial charge in [0.15, 0.2) is 6.23 Å². The zero-order valence-corrected chi connectivity index (χ0v) is 12.1. The molecule has 0 radical (unpaired) electrons. The van der Waals surface area contributed by atoms with Crippen molar-refractivity contribution < 1.29 is 4.74 Å². The average Bonchev–Trinajstić information content (AvgIpc) is 2.85.